The number of carbonyl (C=O) groups excluding carboxylic acids is 1. The molecule has 1 saturated heterocycles. The SMILES string of the molecule is Cc1ccc(F)cc1N1CC(c2nc(-c3ccc(OC(C)C)cc3)no2)CC1=O. The van der Waals surface area contributed by atoms with Gasteiger partial charge in [0.2, 0.25) is 17.6 Å². The van der Waals surface area contributed by atoms with Crippen LogP contribution in [-0.2, 0) is 4.79 Å². The molecule has 0 radical (unpaired) electrons. The molecule has 4 rings (SSSR count). The van der Waals surface area contributed by atoms with Crippen molar-refractivity contribution in [3.63, 3.8) is 0 Å². The Morgan fingerprint density at radius 3 is 2.69 bits per heavy atom. The first-order valence-corrected chi connectivity index (χ1v) is 9.58. The third-order valence-electron chi connectivity index (χ3n) is 4.86. The summed E-state index contributed by atoms with van der Waals surface area (Å²) in [6.45, 7) is 6.17. The summed E-state index contributed by atoms with van der Waals surface area (Å²) in [5, 5.41) is 4.06. The fourth-order valence-corrected chi connectivity index (χ4v) is 3.45. The third-order valence-corrected chi connectivity index (χ3v) is 4.86. The number of halogens is 1. The van der Waals surface area contributed by atoms with Gasteiger partial charge in [-0.2, -0.15) is 4.98 Å². The maximum Gasteiger partial charge on any atom is 0.232 e. The van der Waals surface area contributed by atoms with Gasteiger partial charge in [0.1, 0.15) is 11.6 Å². The number of aromatic nitrogens is 2. The number of rotatable bonds is 5. The number of carbonyl (C=O) groups is 1. The van der Waals surface area contributed by atoms with Crippen molar-refractivity contribution in [2.45, 2.75) is 39.2 Å². The predicted molar refractivity (Wildman–Crippen MR) is 106 cm³/mol. The summed E-state index contributed by atoms with van der Waals surface area (Å²) >= 11 is 0. The smallest absolute Gasteiger partial charge is 0.232 e. The first-order chi connectivity index (χ1) is 13.9. The van der Waals surface area contributed by atoms with Crippen LogP contribution in [0.15, 0.2) is 47.0 Å². The largest absolute Gasteiger partial charge is 0.491 e. The molecule has 7 heteroatoms. The molecule has 1 aliphatic rings. The molecule has 0 saturated carbocycles. The summed E-state index contributed by atoms with van der Waals surface area (Å²) in [5.41, 5.74) is 2.23. The number of hydrogen-bond donors (Lipinski definition) is 0. The quantitative estimate of drug-likeness (QED) is 0.637. The minimum absolute atomic E-state index is 0.0846. The number of benzene rings is 2. The van der Waals surface area contributed by atoms with Crippen LogP contribution in [0.1, 0.15) is 37.6 Å². The molecular formula is C22H22FN3O3. The van der Waals surface area contributed by atoms with Crippen molar-refractivity contribution < 1.29 is 18.4 Å². The second-order valence-electron chi connectivity index (χ2n) is 7.48. The number of amides is 1. The molecule has 29 heavy (non-hydrogen) atoms. The zero-order chi connectivity index (χ0) is 20.5. The summed E-state index contributed by atoms with van der Waals surface area (Å²) in [5.74, 6) is 0.965. The second kappa shape index (κ2) is 7.66. The molecule has 150 valence electrons. The number of aryl methyl sites for hydroxylation is 1. The van der Waals surface area contributed by atoms with Crippen LogP contribution in [0.4, 0.5) is 10.1 Å². The Kier molecular flexibility index (Phi) is 5.05. The highest BCUT2D eigenvalue weighted by atomic mass is 19.1. The van der Waals surface area contributed by atoms with Crippen LogP contribution in [0.2, 0.25) is 0 Å². The van der Waals surface area contributed by atoms with Crippen LogP contribution in [0.3, 0.4) is 0 Å². The molecule has 0 N–H and O–H groups in total. The van der Waals surface area contributed by atoms with Crippen molar-refractivity contribution in [1.82, 2.24) is 10.1 Å². The Bertz CT molecular complexity index is 1030. The summed E-state index contributed by atoms with van der Waals surface area (Å²) in [6.07, 6.45) is 0.348. The standard InChI is InChI=1S/C22H22FN3O3/c1-13(2)28-18-8-5-15(6-9-18)21-24-22(29-25-21)16-10-20(27)26(12-16)19-11-17(23)7-4-14(19)3/h4-9,11,13,16H,10,12H2,1-3H3. The molecule has 1 unspecified atom stereocenters. The van der Waals surface area contributed by atoms with Crippen molar-refractivity contribution in [2.75, 3.05) is 11.4 Å². The monoisotopic (exact) mass is 395 g/mol. The highest BCUT2D eigenvalue weighted by Crippen LogP contribution is 2.34. The molecule has 0 bridgehead atoms. The molecule has 1 fully saturated rings. The molecule has 2 heterocycles. The summed E-state index contributed by atoms with van der Waals surface area (Å²) in [6, 6.07) is 11.9. The van der Waals surface area contributed by atoms with E-state index in [-0.39, 0.29) is 30.2 Å². The lowest BCUT2D eigenvalue weighted by atomic mass is 10.1. The highest BCUT2D eigenvalue weighted by molar-refractivity contribution is 5.97. The molecule has 1 atom stereocenters. The van der Waals surface area contributed by atoms with Crippen LogP contribution in [0.5, 0.6) is 5.75 Å². The number of nitrogens with zero attached hydrogens (tertiary/aromatic N) is 3. The van der Waals surface area contributed by atoms with Gasteiger partial charge in [-0.25, -0.2) is 4.39 Å². The van der Waals surface area contributed by atoms with E-state index in [0.29, 0.717) is 23.9 Å². The number of anilines is 1. The van der Waals surface area contributed by atoms with E-state index < -0.39 is 0 Å². The van der Waals surface area contributed by atoms with E-state index in [1.165, 1.54) is 12.1 Å². The van der Waals surface area contributed by atoms with Gasteiger partial charge >= 0.3 is 0 Å². The van der Waals surface area contributed by atoms with Crippen LogP contribution in [-0.4, -0.2) is 28.7 Å². The lowest BCUT2D eigenvalue weighted by Gasteiger charge is -2.18. The first-order valence-electron chi connectivity index (χ1n) is 9.58. The van der Waals surface area contributed by atoms with E-state index in [9.17, 15) is 9.18 Å². The number of ether oxygens (including phenoxy) is 1. The van der Waals surface area contributed by atoms with Gasteiger partial charge in [-0.1, -0.05) is 11.2 Å². The van der Waals surface area contributed by atoms with Crippen molar-refractivity contribution in [2.24, 2.45) is 0 Å². The zero-order valence-corrected chi connectivity index (χ0v) is 16.6. The van der Waals surface area contributed by atoms with Crippen molar-refractivity contribution >= 4 is 11.6 Å². The van der Waals surface area contributed by atoms with Gasteiger partial charge in [0.05, 0.1) is 12.0 Å². The van der Waals surface area contributed by atoms with Crippen LogP contribution in [0, 0.1) is 12.7 Å². The Balaban J connectivity index is 1.51. The fourth-order valence-electron chi connectivity index (χ4n) is 3.45. The summed E-state index contributed by atoms with van der Waals surface area (Å²) < 4.78 is 24.7. The van der Waals surface area contributed by atoms with E-state index in [2.05, 4.69) is 10.1 Å². The minimum Gasteiger partial charge on any atom is -0.491 e. The van der Waals surface area contributed by atoms with E-state index in [0.717, 1.165) is 16.9 Å². The lowest BCUT2D eigenvalue weighted by molar-refractivity contribution is -0.117. The Labute approximate surface area is 168 Å². The second-order valence-corrected chi connectivity index (χ2v) is 7.48. The zero-order valence-electron chi connectivity index (χ0n) is 16.6. The lowest BCUT2D eigenvalue weighted by Crippen LogP contribution is -2.25. The fraction of sp³-hybridized carbons (Fsp3) is 0.318. The van der Waals surface area contributed by atoms with Crippen molar-refractivity contribution in [1.29, 1.82) is 0 Å². The first kappa shape index (κ1) is 19.1. The van der Waals surface area contributed by atoms with Gasteiger partial charge in [-0.15, -0.1) is 0 Å². The third kappa shape index (κ3) is 3.99. The molecule has 1 aromatic heterocycles. The molecule has 3 aromatic rings. The summed E-state index contributed by atoms with van der Waals surface area (Å²) in [7, 11) is 0. The van der Waals surface area contributed by atoms with Crippen LogP contribution >= 0.6 is 0 Å². The van der Waals surface area contributed by atoms with E-state index in [4.69, 9.17) is 9.26 Å². The van der Waals surface area contributed by atoms with Crippen LogP contribution in [0.25, 0.3) is 11.4 Å². The molecule has 6 nitrogen and oxygen atoms in total. The van der Waals surface area contributed by atoms with Gasteiger partial charge in [0.25, 0.3) is 0 Å². The topological polar surface area (TPSA) is 68.5 Å². The molecular weight excluding hydrogens is 373 g/mol. The van der Waals surface area contributed by atoms with Crippen molar-refractivity contribution in [3.8, 4) is 17.1 Å². The Morgan fingerprint density at radius 2 is 1.97 bits per heavy atom. The molecule has 0 aliphatic carbocycles. The van der Waals surface area contributed by atoms with E-state index >= 15 is 0 Å². The number of hydrogen-bond acceptors (Lipinski definition) is 5. The summed E-state index contributed by atoms with van der Waals surface area (Å²) in [4.78, 5) is 18.6. The van der Waals surface area contributed by atoms with Gasteiger partial charge in [-0.3, -0.25) is 4.79 Å². The van der Waals surface area contributed by atoms with Crippen molar-refractivity contribution in [3.05, 3.63) is 59.7 Å². The molecule has 2 aromatic carbocycles. The van der Waals surface area contributed by atoms with Gasteiger partial charge in [0, 0.05) is 24.2 Å². The average molecular weight is 395 g/mol. The molecule has 1 amide bonds. The highest BCUT2D eigenvalue weighted by Gasteiger charge is 2.35. The minimum atomic E-state index is -0.369. The van der Waals surface area contributed by atoms with E-state index in [1.807, 2.05) is 45.0 Å². The predicted octanol–water partition coefficient (Wildman–Crippen LogP) is 4.49. The van der Waals surface area contributed by atoms with Gasteiger partial charge < -0.3 is 14.2 Å². The Hall–Kier alpha value is -3.22. The maximum absolute atomic E-state index is 13.6. The normalized spacial score (nSPS) is 16.7. The van der Waals surface area contributed by atoms with Crippen LogP contribution < -0.4 is 9.64 Å². The molecule has 1 aliphatic heterocycles. The maximum atomic E-state index is 13.6. The van der Waals surface area contributed by atoms with Gasteiger partial charge in [-0.05, 0) is 62.7 Å². The average Bonchev–Trinajstić information content (AvgIpc) is 3.31. The molecule has 0 spiro atoms. The Morgan fingerprint density at radius 1 is 1.21 bits per heavy atom. The van der Waals surface area contributed by atoms with E-state index in [1.54, 1.807) is 11.0 Å². The van der Waals surface area contributed by atoms with Gasteiger partial charge in [0.15, 0.2) is 0 Å².